The van der Waals surface area contributed by atoms with Crippen LogP contribution >= 0.6 is 0 Å². The molecule has 3 rings (SSSR count). The summed E-state index contributed by atoms with van der Waals surface area (Å²) >= 11 is 0. The van der Waals surface area contributed by atoms with Gasteiger partial charge in [-0.1, -0.05) is 6.07 Å². The zero-order valence-corrected chi connectivity index (χ0v) is 14.3. The van der Waals surface area contributed by atoms with Gasteiger partial charge < -0.3 is 13.9 Å². The first-order valence-corrected chi connectivity index (χ1v) is 7.77. The first-order valence-electron chi connectivity index (χ1n) is 7.77. The number of ether oxygens (including phenoxy) is 2. The molecule has 0 aliphatic rings. The minimum Gasteiger partial charge on any atom is -0.497 e. The third kappa shape index (κ3) is 3.07. The Labute approximate surface area is 145 Å². The average Bonchev–Trinajstić information content (AvgIpc) is 2.60. The van der Waals surface area contributed by atoms with E-state index in [9.17, 15) is 4.79 Å². The van der Waals surface area contributed by atoms with Crippen LogP contribution in [0.2, 0.25) is 0 Å². The highest BCUT2D eigenvalue weighted by atomic mass is 16.5. The summed E-state index contributed by atoms with van der Waals surface area (Å²) in [6.45, 7) is 3.57. The molecule has 0 spiro atoms. The van der Waals surface area contributed by atoms with Gasteiger partial charge in [-0.25, -0.2) is 0 Å². The largest absolute Gasteiger partial charge is 0.497 e. The lowest BCUT2D eigenvalue weighted by Gasteiger charge is -2.12. The number of hydrogen-bond donors (Lipinski definition) is 0. The van der Waals surface area contributed by atoms with Gasteiger partial charge in [0.1, 0.15) is 17.4 Å². The first kappa shape index (κ1) is 16.6. The van der Waals surface area contributed by atoms with Gasteiger partial charge in [-0.05, 0) is 55.3 Å². The summed E-state index contributed by atoms with van der Waals surface area (Å²) in [5.74, 6) is 1.05. The van der Waals surface area contributed by atoms with Gasteiger partial charge in [0.2, 0.25) is 11.2 Å². The van der Waals surface area contributed by atoms with Gasteiger partial charge in [0, 0.05) is 5.56 Å². The van der Waals surface area contributed by atoms with Gasteiger partial charge in [0.15, 0.2) is 12.4 Å². The number of rotatable bonds is 4. The SMILES string of the molecule is COc1ccc(-c2oc3cc(C)cc(C)c3c(=O)c2OCC#N)cc1. The van der Waals surface area contributed by atoms with Crippen LogP contribution in [0, 0.1) is 25.2 Å². The zero-order chi connectivity index (χ0) is 18.0. The summed E-state index contributed by atoms with van der Waals surface area (Å²) in [5.41, 5.74) is 2.70. The topological polar surface area (TPSA) is 72.5 Å². The van der Waals surface area contributed by atoms with Crippen molar-refractivity contribution in [3.63, 3.8) is 0 Å². The van der Waals surface area contributed by atoms with E-state index < -0.39 is 0 Å². The van der Waals surface area contributed by atoms with Crippen LogP contribution in [-0.4, -0.2) is 13.7 Å². The maximum Gasteiger partial charge on any atom is 0.235 e. The Hall–Kier alpha value is -3.26. The second-order valence-corrected chi connectivity index (χ2v) is 5.72. The van der Waals surface area contributed by atoms with Crippen LogP contribution in [0.5, 0.6) is 11.5 Å². The molecule has 5 nitrogen and oxygen atoms in total. The Kier molecular flexibility index (Phi) is 4.44. The van der Waals surface area contributed by atoms with E-state index in [0.29, 0.717) is 28.0 Å². The van der Waals surface area contributed by atoms with Gasteiger partial charge in [-0.3, -0.25) is 4.79 Å². The molecule has 0 saturated carbocycles. The highest BCUT2D eigenvalue weighted by Crippen LogP contribution is 2.33. The van der Waals surface area contributed by atoms with E-state index >= 15 is 0 Å². The number of methoxy groups -OCH3 is 1. The van der Waals surface area contributed by atoms with E-state index in [1.54, 1.807) is 31.4 Å². The molecule has 126 valence electrons. The fraction of sp³-hybridized carbons (Fsp3) is 0.200. The summed E-state index contributed by atoms with van der Waals surface area (Å²) in [4.78, 5) is 13.0. The molecule has 0 bridgehead atoms. The predicted molar refractivity (Wildman–Crippen MR) is 95.1 cm³/mol. The van der Waals surface area contributed by atoms with Crippen LogP contribution in [0.15, 0.2) is 45.6 Å². The van der Waals surface area contributed by atoms with E-state index in [1.807, 2.05) is 32.0 Å². The van der Waals surface area contributed by atoms with Gasteiger partial charge in [-0.15, -0.1) is 0 Å². The summed E-state index contributed by atoms with van der Waals surface area (Å²) < 4.78 is 16.6. The van der Waals surface area contributed by atoms with Crippen LogP contribution in [0.1, 0.15) is 11.1 Å². The summed E-state index contributed by atoms with van der Waals surface area (Å²) in [7, 11) is 1.58. The van der Waals surface area contributed by atoms with Crippen molar-refractivity contribution >= 4 is 11.0 Å². The highest BCUT2D eigenvalue weighted by molar-refractivity contribution is 5.85. The maximum absolute atomic E-state index is 13.0. The molecule has 0 amide bonds. The van der Waals surface area contributed by atoms with E-state index in [-0.39, 0.29) is 17.8 Å². The number of benzene rings is 2. The van der Waals surface area contributed by atoms with Crippen molar-refractivity contribution in [3.05, 3.63) is 57.7 Å². The lowest BCUT2D eigenvalue weighted by atomic mass is 10.0. The molecule has 2 aromatic carbocycles. The lowest BCUT2D eigenvalue weighted by molar-refractivity contribution is 0.356. The molecule has 3 aromatic rings. The van der Waals surface area contributed by atoms with Crippen LogP contribution in [0.3, 0.4) is 0 Å². The highest BCUT2D eigenvalue weighted by Gasteiger charge is 2.19. The Morgan fingerprint density at radius 3 is 2.52 bits per heavy atom. The second-order valence-electron chi connectivity index (χ2n) is 5.72. The minimum absolute atomic E-state index is 0.0474. The van der Waals surface area contributed by atoms with E-state index in [2.05, 4.69) is 0 Å². The number of nitrogens with zero attached hydrogens (tertiary/aromatic N) is 1. The number of hydrogen-bond acceptors (Lipinski definition) is 5. The van der Waals surface area contributed by atoms with E-state index in [1.165, 1.54) is 0 Å². The third-order valence-electron chi connectivity index (χ3n) is 3.93. The molecule has 0 aliphatic carbocycles. The number of nitriles is 1. The molecule has 25 heavy (non-hydrogen) atoms. The molecule has 0 atom stereocenters. The van der Waals surface area contributed by atoms with E-state index in [0.717, 1.165) is 11.1 Å². The first-order chi connectivity index (χ1) is 12.0. The number of aryl methyl sites for hydroxylation is 2. The molecule has 1 aromatic heterocycles. The quantitative estimate of drug-likeness (QED) is 0.721. The van der Waals surface area contributed by atoms with Gasteiger partial charge in [0.25, 0.3) is 0 Å². The third-order valence-corrected chi connectivity index (χ3v) is 3.93. The molecule has 0 fully saturated rings. The number of fused-ring (bicyclic) bond motifs is 1. The maximum atomic E-state index is 13.0. The Morgan fingerprint density at radius 2 is 1.88 bits per heavy atom. The van der Waals surface area contributed by atoms with Crippen molar-refractivity contribution in [2.75, 3.05) is 13.7 Å². The van der Waals surface area contributed by atoms with Crippen molar-refractivity contribution < 1.29 is 13.9 Å². The molecule has 5 heteroatoms. The molecular formula is C20H17NO4. The Balaban J connectivity index is 2.31. The summed E-state index contributed by atoms with van der Waals surface area (Å²) in [5, 5.41) is 9.30. The Bertz CT molecular complexity index is 1030. The predicted octanol–water partition coefficient (Wildman–Crippen LogP) is 3.99. The minimum atomic E-state index is -0.278. The monoisotopic (exact) mass is 335 g/mol. The van der Waals surface area contributed by atoms with Gasteiger partial charge in [-0.2, -0.15) is 5.26 Å². The lowest BCUT2D eigenvalue weighted by Crippen LogP contribution is -2.11. The smallest absolute Gasteiger partial charge is 0.235 e. The fourth-order valence-electron chi connectivity index (χ4n) is 2.84. The van der Waals surface area contributed by atoms with Crippen molar-refractivity contribution in [2.24, 2.45) is 0 Å². The molecule has 0 aliphatic heterocycles. The van der Waals surface area contributed by atoms with Crippen LogP contribution in [0.25, 0.3) is 22.3 Å². The van der Waals surface area contributed by atoms with Crippen molar-refractivity contribution in [1.29, 1.82) is 5.26 Å². The normalized spacial score (nSPS) is 10.5. The molecule has 1 heterocycles. The molecular weight excluding hydrogens is 318 g/mol. The summed E-state index contributed by atoms with van der Waals surface area (Å²) in [6, 6.07) is 12.7. The van der Waals surface area contributed by atoms with Gasteiger partial charge >= 0.3 is 0 Å². The van der Waals surface area contributed by atoms with Gasteiger partial charge in [0.05, 0.1) is 12.5 Å². The van der Waals surface area contributed by atoms with Crippen LogP contribution < -0.4 is 14.9 Å². The Morgan fingerprint density at radius 1 is 1.16 bits per heavy atom. The van der Waals surface area contributed by atoms with Crippen LogP contribution in [-0.2, 0) is 0 Å². The van der Waals surface area contributed by atoms with Crippen LogP contribution in [0.4, 0.5) is 0 Å². The molecule has 0 N–H and O–H groups in total. The standard InChI is InChI=1S/C20H17NO4/c1-12-10-13(2)17-16(11-12)25-19(20(18(17)22)24-9-8-21)14-4-6-15(23-3)7-5-14/h4-7,10-11H,9H2,1-3H3. The molecule has 0 saturated heterocycles. The van der Waals surface area contributed by atoms with Crippen molar-refractivity contribution in [2.45, 2.75) is 13.8 Å². The summed E-state index contributed by atoms with van der Waals surface area (Å²) in [6.07, 6.45) is 0. The fourth-order valence-corrected chi connectivity index (χ4v) is 2.84. The molecule has 0 unspecified atom stereocenters. The average molecular weight is 335 g/mol. The second kappa shape index (κ2) is 6.70. The van der Waals surface area contributed by atoms with E-state index in [4.69, 9.17) is 19.2 Å². The zero-order valence-electron chi connectivity index (χ0n) is 14.3. The molecule has 0 radical (unpaired) electrons. The van der Waals surface area contributed by atoms with Crippen molar-refractivity contribution in [1.82, 2.24) is 0 Å². The van der Waals surface area contributed by atoms with Crippen molar-refractivity contribution in [3.8, 4) is 28.9 Å².